The van der Waals surface area contributed by atoms with Crippen LogP contribution in [-0.4, -0.2) is 50.8 Å². The molecule has 8 nitrogen and oxygen atoms in total. The molecule has 0 aromatic heterocycles. The molecule has 9 heteroatoms. The van der Waals surface area contributed by atoms with Crippen LogP contribution >= 0.6 is 0 Å². The highest BCUT2D eigenvalue weighted by molar-refractivity contribution is 7.94. The van der Waals surface area contributed by atoms with Crippen LogP contribution in [0.5, 0.6) is 0 Å². The number of rotatable bonds is 7. The van der Waals surface area contributed by atoms with E-state index in [2.05, 4.69) is 10.3 Å². The molecular formula is C15H28N4O4S. The average molecular weight is 360 g/mol. The highest BCUT2D eigenvalue weighted by Gasteiger charge is 2.38. The van der Waals surface area contributed by atoms with Crippen molar-refractivity contribution in [1.82, 2.24) is 5.32 Å². The van der Waals surface area contributed by atoms with Crippen LogP contribution in [0.25, 0.3) is 0 Å². The summed E-state index contributed by atoms with van der Waals surface area (Å²) in [5.74, 6) is -0.420. The van der Waals surface area contributed by atoms with Gasteiger partial charge in [-0.3, -0.25) is 4.79 Å². The Hall–Kier alpha value is -1.61. The van der Waals surface area contributed by atoms with E-state index in [0.717, 1.165) is 19.1 Å². The second kappa shape index (κ2) is 8.48. The molecule has 0 spiro atoms. The van der Waals surface area contributed by atoms with Gasteiger partial charge in [0.15, 0.2) is 15.8 Å². The van der Waals surface area contributed by atoms with Gasteiger partial charge in [-0.1, -0.05) is 13.8 Å². The van der Waals surface area contributed by atoms with Crippen molar-refractivity contribution in [3.63, 3.8) is 0 Å². The third-order valence-electron chi connectivity index (χ3n) is 3.95. The Kier molecular flexibility index (Phi) is 7.22. The maximum Gasteiger partial charge on any atom is 0.217 e. The molecular weight excluding hydrogens is 332 g/mol. The molecule has 0 aliphatic heterocycles. The van der Waals surface area contributed by atoms with Crippen molar-refractivity contribution in [2.24, 2.45) is 16.5 Å². The second-order valence-corrected chi connectivity index (χ2v) is 8.06. The molecule has 0 saturated heterocycles. The van der Waals surface area contributed by atoms with E-state index in [1.54, 1.807) is 6.08 Å². The Labute approximate surface area is 143 Å². The molecule has 1 amide bonds. The van der Waals surface area contributed by atoms with Gasteiger partial charge in [-0.2, -0.15) is 0 Å². The summed E-state index contributed by atoms with van der Waals surface area (Å²) in [5, 5.41) is 2.79. The number of carbonyl (C=O) groups excluding carboxylic acids is 1. The monoisotopic (exact) mass is 360 g/mol. The molecule has 3 atom stereocenters. The predicted octanol–water partition coefficient (Wildman–Crippen LogP) is 0.0391. The lowest BCUT2D eigenvalue weighted by atomic mass is 9.93. The van der Waals surface area contributed by atoms with Crippen LogP contribution in [0.3, 0.4) is 0 Å². The van der Waals surface area contributed by atoms with Gasteiger partial charge in [0.1, 0.15) is 0 Å². The quantitative estimate of drug-likeness (QED) is 0.433. The van der Waals surface area contributed by atoms with Gasteiger partial charge in [-0.15, -0.1) is 0 Å². The molecule has 138 valence electrons. The Morgan fingerprint density at radius 1 is 1.42 bits per heavy atom. The predicted molar refractivity (Wildman–Crippen MR) is 94.0 cm³/mol. The number of hydrogen-bond donors (Lipinski definition) is 3. The Balaban J connectivity index is 3.30. The van der Waals surface area contributed by atoms with Crippen molar-refractivity contribution in [3.05, 3.63) is 11.0 Å². The van der Waals surface area contributed by atoms with E-state index in [0.29, 0.717) is 0 Å². The largest absolute Gasteiger partial charge is 0.370 e. The van der Waals surface area contributed by atoms with Gasteiger partial charge in [-0.25, -0.2) is 13.4 Å². The van der Waals surface area contributed by atoms with Crippen molar-refractivity contribution in [3.8, 4) is 0 Å². The molecule has 24 heavy (non-hydrogen) atoms. The number of aliphatic imine (C=N–C) groups is 1. The van der Waals surface area contributed by atoms with Crippen LogP contribution in [-0.2, 0) is 19.4 Å². The number of sulfone groups is 1. The van der Waals surface area contributed by atoms with E-state index in [1.165, 1.54) is 6.92 Å². The molecule has 0 bridgehead atoms. The lowest BCUT2D eigenvalue weighted by molar-refractivity contribution is -0.121. The second-order valence-electron chi connectivity index (χ2n) is 6.00. The van der Waals surface area contributed by atoms with Gasteiger partial charge in [0, 0.05) is 24.5 Å². The summed E-state index contributed by atoms with van der Waals surface area (Å²) in [5.41, 5.74) is 11.0. The van der Waals surface area contributed by atoms with Gasteiger partial charge in [0.25, 0.3) is 0 Å². The number of nitrogens with two attached hydrogens (primary N) is 2. The molecule has 0 saturated carbocycles. The summed E-state index contributed by atoms with van der Waals surface area (Å²) in [6.07, 6.45) is 3.69. The molecule has 0 heterocycles. The van der Waals surface area contributed by atoms with Gasteiger partial charge in [-0.05, 0) is 18.9 Å². The standard InChI is InChI=1S/C15H28N4O4S/c1-5-10(6-2)23-13-8-11(24(4,21)22)7-12(19-15(16)17)14(13)18-9(3)20/h8,10,12-14H,5-7H2,1-4H3,(H,18,20)(H4,16,17,19)/t12-,13+,14+/m0/s1. The summed E-state index contributed by atoms with van der Waals surface area (Å²) < 4.78 is 30.0. The third kappa shape index (κ3) is 5.79. The normalized spacial score (nSPS) is 24.4. The fourth-order valence-electron chi connectivity index (χ4n) is 2.74. The zero-order valence-corrected chi connectivity index (χ0v) is 15.5. The van der Waals surface area contributed by atoms with Crippen molar-refractivity contribution in [1.29, 1.82) is 0 Å². The number of ether oxygens (including phenoxy) is 1. The molecule has 1 aliphatic rings. The lowest BCUT2D eigenvalue weighted by Crippen LogP contribution is -2.54. The number of guanidine groups is 1. The van der Waals surface area contributed by atoms with Crippen molar-refractivity contribution in [2.75, 3.05) is 6.26 Å². The van der Waals surface area contributed by atoms with Crippen LogP contribution in [0.4, 0.5) is 0 Å². The molecule has 1 aliphatic carbocycles. The topological polar surface area (TPSA) is 137 Å². The molecule has 0 radical (unpaired) electrons. The zero-order valence-electron chi connectivity index (χ0n) is 14.7. The minimum atomic E-state index is -3.41. The van der Waals surface area contributed by atoms with Gasteiger partial charge >= 0.3 is 0 Å². The van der Waals surface area contributed by atoms with Crippen LogP contribution < -0.4 is 16.8 Å². The molecule has 0 aromatic rings. The summed E-state index contributed by atoms with van der Waals surface area (Å²) in [6, 6.07) is -1.14. The Morgan fingerprint density at radius 3 is 2.42 bits per heavy atom. The number of nitrogens with one attached hydrogen (secondary N) is 1. The Morgan fingerprint density at radius 2 is 2.00 bits per heavy atom. The van der Waals surface area contributed by atoms with Crippen molar-refractivity contribution in [2.45, 2.75) is 64.3 Å². The van der Waals surface area contributed by atoms with Crippen molar-refractivity contribution >= 4 is 21.7 Å². The maximum absolute atomic E-state index is 12.0. The maximum atomic E-state index is 12.0. The lowest BCUT2D eigenvalue weighted by Gasteiger charge is -2.36. The number of amides is 1. The van der Waals surface area contributed by atoms with Gasteiger partial charge < -0.3 is 21.5 Å². The van der Waals surface area contributed by atoms with Gasteiger partial charge in [0.2, 0.25) is 5.91 Å². The average Bonchev–Trinajstić information content (AvgIpc) is 2.45. The first-order chi connectivity index (χ1) is 11.1. The minimum Gasteiger partial charge on any atom is -0.370 e. The van der Waals surface area contributed by atoms with E-state index >= 15 is 0 Å². The first-order valence-corrected chi connectivity index (χ1v) is 9.89. The highest BCUT2D eigenvalue weighted by Crippen LogP contribution is 2.28. The summed E-state index contributed by atoms with van der Waals surface area (Å²) in [6.45, 7) is 5.36. The van der Waals surface area contributed by atoms with E-state index in [9.17, 15) is 13.2 Å². The van der Waals surface area contributed by atoms with E-state index in [4.69, 9.17) is 16.2 Å². The smallest absolute Gasteiger partial charge is 0.217 e. The molecule has 0 fully saturated rings. The van der Waals surface area contributed by atoms with Crippen molar-refractivity contribution < 1.29 is 17.9 Å². The van der Waals surface area contributed by atoms with Crippen LogP contribution in [0.15, 0.2) is 16.0 Å². The highest BCUT2D eigenvalue weighted by atomic mass is 32.2. The van der Waals surface area contributed by atoms with E-state index in [-0.39, 0.29) is 29.3 Å². The minimum absolute atomic E-state index is 0.0544. The first kappa shape index (κ1) is 20.4. The van der Waals surface area contributed by atoms with Gasteiger partial charge in [0.05, 0.1) is 24.3 Å². The van der Waals surface area contributed by atoms with Crippen LogP contribution in [0.2, 0.25) is 0 Å². The SMILES string of the molecule is CCC(CC)O[C@@H]1C=C(S(C)(=O)=O)C[C@H](N=C(N)N)[C@H]1NC(C)=O. The van der Waals surface area contributed by atoms with E-state index < -0.39 is 28.0 Å². The first-order valence-electron chi connectivity index (χ1n) is 8.00. The molecule has 1 rings (SSSR count). The third-order valence-corrected chi connectivity index (χ3v) is 5.21. The Bertz CT molecular complexity index is 607. The van der Waals surface area contributed by atoms with Crippen LogP contribution in [0, 0.1) is 0 Å². The number of nitrogens with zero attached hydrogens (tertiary/aromatic N) is 1. The number of hydrogen-bond acceptors (Lipinski definition) is 5. The summed E-state index contributed by atoms with van der Waals surface area (Å²) in [7, 11) is -3.41. The zero-order chi connectivity index (χ0) is 18.5. The van der Waals surface area contributed by atoms with E-state index in [1.807, 2.05) is 13.8 Å². The molecule has 0 aromatic carbocycles. The number of carbonyl (C=O) groups is 1. The molecule has 0 unspecified atom stereocenters. The fraction of sp³-hybridized carbons (Fsp3) is 0.733. The summed E-state index contributed by atoms with van der Waals surface area (Å²) in [4.78, 5) is 15.9. The molecule has 5 N–H and O–H groups in total. The van der Waals surface area contributed by atoms with Crippen LogP contribution in [0.1, 0.15) is 40.0 Å². The summed E-state index contributed by atoms with van der Waals surface area (Å²) >= 11 is 0. The fourth-order valence-corrected chi connectivity index (χ4v) is 3.59.